The van der Waals surface area contributed by atoms with E-state index in [2.05, 4.69) is 12.7 Å². The highest BCUT2D eigenvalue weighted by Crippen LogP contribution is 2.17. The Morgan fingerprint density at radius 3 is 3.10 bits per heavy atom. The van der Waals surface area contributed by atoms with Crippen LogP contribution in [0.4, 0.5) is 0 Å². The van der Waals surface area contributed by atoms with Crippen LogP contribution in [0.5, 0.6) is 0 Å². The second-order valence-electron chi connectivity index (χ2n) is 2.52. The van der Waals surface area contributed by atoms with Gasteiger partial charge in [0.05, 0.1) is 5.76 Å². The van der Waals surface area contributed by atoms with Crippen molar-refractivity contribution in [3.05, 3.63) is 24.1 Å². The molecule has 2 heteroatoms. The molecule has 0 N–H and O–H groups in total. The smallest absolute Gasteiger partial charge is 0.243 e. The number of allylic oxidation sites excluding steroid dienone is 2. The lowest BCUT2D eigenvalue weighted by Gasteiger charge is -2.12. The summed E-state index contributed by atoms with van der Waals surface area (Å²) in [5, 5.41) is 0. The Morgan fingerprint density at radius 1 is 1.60 bits per heavy atom. The largest absolute Gasteiger partial charge is 0.549 e. The average molecular weight is 154 g/mol. The molecular formula is C8H14OSi. The topological polar surface area (TPSA) is 9.23 Å². The summed E-state index contributed by atoms with van der Waals surface area (Å²) in [5.41, 5.74) is 1.93. The van der Waals surface area contributed by atoms with Gasteiger partial charge in [0, 0.05) is 6.42 Å². The number of hydrogen-bond acceptors (Lipinski definition) is 1. The van der Waals surface area contributed by atoms with Gasteiger partial charge in [0.2, 0.25) is 9.76 Å². The molecule has 0 spiro atoms. The van der Waals surface area contributed by atoms with Gasteiger partial charge in [-0.2, -0.15) is 0 Å². The highest BCUT2D eigenvalue weighted by atomic mass is 28.2. The van der Waals surface area contributed by atoms with E-state index in [1.54, 1.807) is 0 Å². The molecule has 0 aromatic carbocycles. The van der Waals surface area contributed by atoms with E-state index in [0.717, 1.165) is 6.42 Å². The summed E-state index contributed by atoms with van der Waals surface area (Å²) >= 11 is 0. The van der Waals surface area contributed by atoms with Crippen molar-refractivity contribution < 1.29 is 4.43 Å². The van der Waals surface area contributed by atoms with Gasteiger partial charge < -0.3 is 4.43 Å². The maximum atomic E-state index is 5.51. The Balaban J connectivity index is 2.24. The molecule has 1 nitrogen and oxygen atoms in total. The maximum absolute atomic E-state index is 5.51. The first-order valence-corrected chi connectivity index (χ1v) is 5.25. The van der Waals surface area contributed by atoms with Gasteiger partial charge in [-0.3, -0.25) is 0 Å². The SMILES string of the molecule is C=C[SiH2]OC1=CCCCC1. The fourth-order valence-corrected chi connectivity index (χ4v) is 1.70. The monoisotopic (exact) mass is 154 g/mol. The van der Waals surface area contributed by atoms with Crippen molar-refractivity contribution >= 4 is 9.76 Å². The molecule has 0 aliphatic heterocycles. The van der Waals surface area contributed by atoms with Crippen molar-refractivity contribution in [2.24, 2.45) is 0 Å². The predicted molar refractivity (Wildman–Crippen MR) is 46.4 cm³/mol. The van der Waals surface area contributed by atoms with E-state index < -0.39 is 9.76 Å². The van der Waals surface area contributed by atoms with Crippen LogP contribution in [0, 0.1) is 0 Å². The van der Waals surface area contributed by atoms with Gasteiger partial charge in [-0.05, 0) is 25.3 Å². The molecule has 1 rings (SSSR count). The minimum atomic E-state index is -0.428. The molecule has 0 atom stereocenters. The third-order valence-electron chi connectivity index (χ3n) is 1.64. The zero-order valence-electron chi connectivity index (χ0n) is 6.31. The Bertz CT molecular complexity index is 140. The fourth-order valence-electron chi connectivity index (χ4n) is 1.11. The van der Waals surface area contributed by atoms with Crippen molar-refractivity contribution in [2.45, 2.75) is 25.7 Å². The minimum Gasteiger partial charge on any atom is -0.549 e. The van der Waals surface area contributed by atoms with Crippen molar-refractivity contribution in [3.8, 4) is 0 Å². The van der Waals surface area contributed by atoms with E-state index in [0.29, 0.717) is 0 Å². The molecule has 0 saturated carbocycles. The lowest BCUT2D eigenvalue weighted by Crippen LogP contribution is -1.99. The molecular weight excluding hydrogens is 140 g/mol. The quantitative estimate of drug-likeness (QED) is 0.562. The molecule has 0 fully saturated rings. The summed E-state index contributed by atoms with van der Waals surface area (Å²) < 4.78 is 5.51. The summed E-state index contributed by atoms with van der Waals surface area (Å²) in [6.07, 6.45) is 7.22. The Morgan fingerprint density at radius 2 is 2.50 bits per heavy atom. The Kier molecular flexibility index (Phi) is 3.29. The summed E-state index contributed by atoms with van der Waals surface area (Å²) in [5.74, 6) is 1.22. The first-order valence-electron chi connectivity index (χ1n) is 3.86. The van der Waals surface area contributed by atoms with Crippen LogP contribution >= 0.6 is 0 Å². The van der Waals surface area contributed by atoms with E-state index >= 15 is 0 Å². The highest BCUT2D eigenvalue weighted by molar-refractivity contribution is 6.34. The van der Waals surface area contributed by atoms with Gasteiger partial charge in [0.25, 0.3) is 0 Å². The van der Waals surface area contributed by atoms with Crippen molar-refractivity contribution in [1.29, 1.82) is 0 Å². The zero-order valence-corrected chi connectivity index (χ0v) is 7.72. The predicted octanol–water partition coefficient (Wildman–Crippen LogP) is 1.69. The second-order valence-corrected chi connectivity index (χ2v) is 3.72. The van der Waals surface area contributed by atoms with Gasteiger partial charge in [-0.1, -0.05) is 5.70 Å². The molecule has 1 aliphatic carbocycles. The number of hydrogen-bond donors (Lipinski definition) is 0. The van der Waals surface area contributed by atoms with Crippen molar-refractivity contribution in [3.63, 3.8) is 0 Å². The molecule has 1 aliphatic rings. The van der Waals surface area contributed by atoms with Crippen molar-refractivity contribution in [1.82, 2.24) is 0 Å². The second kappa shape index (κ2) is 4.33. The van der Waals surface area contributed by atoms with Crippen LogP contribution in [0.2, 0.25) is 0 Å². The molecule has 0 saturated heterocycles. The summed E-state index contributed by atoms with van der Waals surface area (Å²) in [6, 6.07) is 0. The number of rotatable bonds is 3. The van der Waals surface area contributed by atoms with E-state index in [4.69, 9.17) is 4.43 Å². The third kappa shape index (κ3) is 2.39. The summed E-state index contributed by atoms with van der Waals surface area (Å²) in [7, 11) is -0.428. The fraction of sp³-hybridized carbons (Fsp3) is 0.500. The molecule has 0 amide bonds. The molecule has 0 radical (unpaired) electrons. The van der Waals surface area contributed by atoms with Gasteiger partial charge in [-0.15, -0.1) is 6.58 Å². The van der Waals surface area contributed by atoms with Gasteiger partial charge in [-0.25, -0.2) is 0 Å². The summed E-state index contributed by atoms with van der Waals surface area (Å²) in [4.78, 5) is 0. The van der Waals surface area contributed by atoms with E-state index in [9.17, 15) is 0 Å². The molecule has 0 heterocycles. The van der Waals surface area contributed by atoms with Crippen LogP contribution in [0.3, 0.4) is 0 Å². The van der Waals surface area contributed by atoms with Crippen molar-refractivity contribution in [2.75, 3.05) is 0 Å². The van der Waals surface area contributed by atoms with Gasteiger partial charge in [0.1, 0.15) is 0 Å². The third-order valence-corrected chi connectivity index (χ3v) is 2.41. The lowest BCUT2D eigenvalue weighted by atomic mass is 10.1. The van der Waals surface area contributed by atoms with Gasteiger partial charge >= 0.3 is 0 Å². The van der Waals surface area contributed by atoms with Crippen LogP contribution < -0.4 is 0 Å². The molecule has 0 aromatic heterocycles. The van der Waals surface area contributed by atoms with E-state index in [1.807, 2.05) is 5.70 Å². The molecule has 56 valence electrons. The van der Waals surface area contributed by atoms with Crippen LogP contribution in [-0.2, 0) is 4.43 Å². The average Bonchev–Trinajstić information content (AvgIpc) is 2.03. The van der Waals surface area contributed by atoms with E-state index in [-0.39, 0.29) is 0 Å². The maximum Gasteiger partial charge on any atom is 0.243 e. The lowest BCUT2D eigenvalue weighted by molar-refractivity contribution is 0.409. The van der Waals surface area contributed by atoms with Crippen LogP contribution in [-0.4, -0.2) is 9.76 Å². The molecule has 0 bridgehead atoms. The Labute approximate surface area is 64.7 Å². The van der Waals surface area contributed by atoms with Crippen LogP contribution in [0.15, 0.2) is 24.1 Å². The molecule has 0 unspecified atom stereocenters. The highest BCUT2D eigenvalue weighted by Gasteiger charge is 2.01. The zero-order chi connectivity index (χ0) is 7.23. The summed E-state index contributed by atoms with van der Waals surface area (Å²) in [6.45, 7) is 3.65. The van der Waals surface area contributed by atoms with Gasteiger partial charge in [0.15, 0.2) is 0 Å². The minimum absolute atomic E-state index is 0.428. The van der Waals surface area contributed by atoms with Crippen LogP contribution in [0.25, 0.3) is 0 Å². The standard InChI is InChI=1S/C8H14OSi/c1-2-10-9-8-6-4-3-5-7-8/h2,6H,1,3-5,7,10H2. The van der Waals surface area contributed by atoms with Crippen LogP contribution in [0.1, 0.15) is 25.7 Å². The van der Waals surface area contributed by atoms with E-state index in [1.165, 1.54) is 25.0 Å². The normalized spacial score (nSPS) is 19.0. The molecule has 0 aromatic rings. The first-order chi connectivity index (χ1) is 4.93. The molecule has 10 heavy (non-hydrogen) atoms. The Hall–Kier alpha value is -0.503. The first kappa shape index (κ1) is 7.60.